The number of halogens is 2. The molecule has 4 heteroatoms. The Labute approximate surface area is 87.8 Å². The number of hydrogen-bond acceptors (Lipinski definition) is 2. The standard InChI is InChI=1S/C10H13ClFNO/c11-9-2-3-10(8(6-9)7-13)14-5-1-4-12/h2-3,6H,1,4-5,7,13H2. The summed E-state index contributed by atoms with van der Waals surface area (Å²) in [6, 6.07) is 5.24. The molecular weight excluding hydrogens is 205 g/mol. The van der Waals surface area contributed by atoms with Crippen LogP contribution in [0, 0.1) is 0 Å². The molecule has 0 unspecified atom stereocenters. The minimum atomic E-state index is -0.369. The molecule has 0 aliphatic rings. The van der Waals surface area contributed by atoms with Crippen LogP contribution in [0.1, 0.15) is 12.0 Å². The maximum atomic E-state index is 11.8. The molecule has 0 radical (unpaired) electrons. The molecular formula is C10H13ClFNO. The van der Waals surface area contributed by atoms with Crippen LogP contribution in [0.4, 0.5) is 4.39 Å². The molecule has 0 saturated carbocycles. The van der Waals surface area contributed by atoms with Gasteiger partial charge in [0.2, 0.25) is 0 Å². The average Bonchev–Trinajstić information content (AvgIpc) is 2.20. The Morgan fingerprint density at radius 3 is 2.86 bits per heavy atom. The molecule has 0 saturated heterocycles. The predicted molar refractivity (Wildman–Crippen MR) is 55.4 cm³/mol. The third-order valence-corrected chi connectivity index (χ3v) is 2.01. The van der Waals surface area contributed by atoms with E-state index in [1.165, 1.54) is 0 Å². The molecule has 1 aromatic rings. The van der Waals surface area contributed by atoms with Crippen LogP contribution in [0.25, 0.3) is 0 Å². The summed E-state index contributed by atoms with van der Waals surface area (Å²) in [4.78, 5) is 0. The van der Waals surface area contributed by atoms with Crippen LogP contribution >= 0.6 is 11.6 Å². The highest BCUT2D eigenvalue weighted by Gasteiger charge is 2.02. The molecule has 0 amide bonds. The molecule has 1 aromatic carbocycles. The first-order valence-electron chi connectivity index (χ1n) is 4.45. The highest BCUT2D eigenvalue weighted by atomic mass is 35.5. The summed E-state index contributed by atoms with van der Waals surface area (Å²) in [5, 5.41) is 0.628. The highest BCUT2D eigenvalue weighted by Crippen LogP contribution is 2.22. The average molecular weight is 218 g/mol. The number of benzene rings is 1. The van der Waals surface area contributed by atoms with E-state index in [1.807, 2.05) is 0 Å². The van der Waals surface area contributed by atoms with Crippen LogP contribution in [0.2, 0.25) is 5.02 Å². The zero-order valence-corrected chi connectivity index (χ0v) is 8.56. The van der Waals surface area contributed by atoms with Gasteiger partial charge in [-0.05, 0) is 18.2 Å². The topological polar surface area (TPSA) is 35.2 Å². The second-order valence-electron chi connectivity index (χ2n) is 2.85. The first-order valence-corrected chi connectivity index (χ1v) is 4.83. The van der Waals surface area contributed by atoms with Crippen molar-refractivity contribution in [1.82, 2.24) is 0 Å². The summed E-state index contributed by atoms with van der Waals surface area (Å²) in [6.45, 7) is 0.363. The minimum Gasteiger partial charge on any atom is -0.493 e. The molecule has 0 aliphatic heterocycles. The lowest BCUT2D eigenvalue weighted by atomic mass is 10.2. The van der Waals surface area contributed by atoms with Crippen LogP contribution in [0.5, 0.6) is 5.75 Å². The highest BCUT2D eigenvalue weighted by molar-refractivity contribution is 6.30. The Morgan fingerprint density at radius 2 is 2.21 bits per heavy atom. The van der Waals surface area contributed by atoms with Gasteiger partial charge in [0.25, 0.3) is 0 Å². The molecule has 1 rings (SSSR count). The van der Waals surface area contributed by atoms with E-state index >= 15 is 0 Å². The van der Waals surface area contributed by atoms with Gasteiger partial charge in [-0.1, -0.05) is 11.6 Å². The van der Waals surface area contributed by atoms with Crippen LogP contribution in [-0.2, 0) is 6.54 Å². The van der Waals surface area contributed by atoms with Crippen molar-refractivity contribution in [2.75, 3.05) is 13.3 Å². The fraction of sp³-hybridized carbons (Fsp3) is 0.400. The SMILES string of the molecule is NCc1cc(Cl)ccc1OCCCF. The largest absolute Gasteiger partial charge is 0.493 e. The second-order valence-corrected chi connectivity index (χ2v) is 3.28. The molecule has 14 heavy (non-hydrogen) atoms. The number of nitrogens with two attached hydrogens (primary N) is 1. The Hall–Kier alpha value is -0.800. The first kappa shape index (κ1) is 11.3. The van der Waals surface area contributed by atoms with Crippen molar-refractivity contribution in [3.05, 3.63) is 28.8 Å². The van der Waals surface area contributed by atoms with Gasteiger partial charge in [0.1, 0.15) is 5.75 Å². The number of ether oxygens (including phenoxy) is 1. The maximum Gasteiger partial charge on any atom is 0.123 e. The van der Waals surface area contributed by atoms with Gasteiger partial charge in [0.05, 0.1) is 13.3 Å². The van der Waals surface area contributed by atoms with Crippen molar-refractivity contribution >= 4 is 11.6 Å². The van der Waals surface area contributed by atoms with Crippen LogP contribution in [0.3, 0.4) is 0 Å². The monoisotopic (exact) mass is 217 g/mol. The summed E-state index contributed by atoms with van der Waals surface area (Å²) in [6.07, 6.45) is 0.395. The quantitative estimate of drug-likeness (QED) is 0.770. The van der Waals surface area contributed by atoms with Gasteiger partial charge in [-0.2, -0.15) is 0 Å². The first-order chi connectivity index (χ1) is 6.77. The third-order valence-electron chi connectivity index (χ3n) is 1.78. The molecule has 0 fully saturated rings. The summed E-state index contributed by atoms with van der Waals surface area (Å²) in [7, 11) is 0. The predicted octanol–water partition coefficient (Wildman–Crippen LogP) is 2.54. The van der Waals surface area contributed by atoms with Gasteiger partial charge in [-0.25, -0.2) is 0 Å². The van der Waals surface area contributed by atoms with E-state index < -0.39 is 0 Å². The van der Waals surface area contributed by atoms with Gasteiger partial charge in [-0.15, -0.1) is 0 Å². The number of hydrogen-bond donors (Lipinski definition) is 1. The van der Waals surface area contributed by atoms with Gasteiger partial charge in [0.15, 0.2) is 0 Å². The molecule has 0 aliphatic carbocycles. The lowest BCUT2D eigenvalue weighted by molar-refractivity contribution is 0.287. The van der Waals surface area contributed by atoms with Crippen LogP contribution < -0.4 is 10.5 Å². The van der Waals surface area contributed by atoms with Crippen molar-refractivity contribution in [3.8, 4) is 5.75 Å². The van der Waals surface area contributed by atoms with E-state index in [2.05, 4.69) is 0 Å². The Bertz CT molecular complexity index is 293. The maximum absolute atomic E-state index is 11.8. The Morgan fingerprint density at radius 1 is 1.43 bits per heavy atom. The Kier molecular flexibility index (Phi) is 4.70. The summed E-state index contributed by atoms with van der Waals surface area (Å²) >= 11 is 5.79. The fourth-order valence-corrected chi connectivity index (χ4v) is 1.28. The summed E-state index contributed by atoms with van der Waals surface area (Å²) in [5.74, 6) is 0.686. The molecule has 0 aromatic heterocycles. The summed E-state index contributed by atoms with van der Waals surface area (Å²) < 4.78 is 17.2. The van der Waals surface area contributed by atoms with E-state index in [0.717, 1.165) is 5.56 Å². The molecule has 2 nitrogen and oxygen atoms in total. The Balaban J connectivity index is 2.65. The van der Waals surface area contributed by atoms with Crippen LogP contribution in [0.15, 0.2) is 18.2 Å². The van der Waals surface area contributed by atoms with Crippen molar-refractivity contribution in [1.29, 1.82) is 0 Å². The van der Waals surface area contributed by atoms with E-state index in [9.17, 15) is 4.39 Å². The second kappa shape index (κ2) is 5.83. The van der Waals surface area contributed by atoms with E-state index in [-0.39, 0.29) is 6.67 Å². The number of alkyl halides is 1. The van der Waals surface area contributed by atoms with Gasteiger partial charge in [0, 0.05) is 23.6 Å². The summed E-state index contributed by atoms with van der Waals surface area (Å²) in [5.41, 5.74) is 6.35. The van der Waals surface area contributed by atoms with E-state index in [0.29, 0.717) is 30.3 Å². The van der Waals surface area contributed by atoms with Gasteiger partial charge >= 0.3 is 0 Å². The molecule has 2 N–H and O–H groups in total. The smallest absolute Gasteiger partial charge is 0.123 e. The molecule has 0 spiro atoms. The number of rotatable bonds is 5. The van der Waals surface area contributed by atoms with E-state index in [4.69, 9.17) is 22.1 Å². The van der Waals surface area contributed by atoms with Crippen LogP contribution in [-0.4, -0.2) is 13.3 Å². The van der Waals surface area contributed by atoms with Gasteiger partial charge < -0.3 is 10.5 Å². The van der Waals surface area contributed by atoms with Crippen molar-refractivity contribution in [2.24, 2.45) is 5.73 Å². The zero-order valence-electron chi connectivity index (χ0n) is 7.80. The molecule has 78 valence electrons. The van der Waals surface area contributed by atoms with E-state index in [1.54, 1.807) is 18.2 Å². The van der Waals surface area contributed by atoms with Gasteiger partial charge in [-0.3, -0.25) is 4.39 Å². The molecule has 0 atom stereocenters. The third kappa shape index (κ3) is 3.16. The fourth-order valence-electron chi connectivity index (χ4n) is 1.09. The minimum absolute atomic E-state index is 0.366. The molecule has 0 heterocycles. The normalized spacial score (nSPS) is 10.2. The molecule has 0 bridgehead atoms. The lowest BCUT2D eigenvalue weighted by Crippen LogP contribution is -2.04. The van der Waals surface area contributed by atoms with Crippen molar-refractivity contribution < 1.29 is 9.13 Å². The van der Waals surface area contributed by atoms with Crippen molar-refractivity contribution in [3.63, 3.8) is 0 Å². The van der Waals surface area contributed by atoms with Crippen molar-refractivity contribution in [2.45, 2.75) is 13.0 Å². The zero-order chi connectivity index (χ0) is 10.4. The lowest BCUT2D eigenvalue weighted by Gasteiger charge is -2.09.